The van der Waals surface area contributed by atoms with E-state index in [2.05, 4.69) is 9.97 Å². The van der Waals surface area contributed by atoms with E-state index in [0.29, 0.717) is 5.88 Å². The standard InChI is InChI=1S/C11H14N2O2/c1-15-11-10(12-5-6-13-11)8-3-2-4-9(14)7-8/h5-7,9,14H,2-4H2,1H3. The molecule has 0 saturated heterocycles. The number of allylic oxidation sites excluding steroid dienone is 1. The highest BCUT2D eigenvalue weighted by molar-refractivity contribution is 5.67. The summed E-state index contributed by atoms with van der Waals surface area (Å²) in [6, 6.07) is 0. The Labute approximate surface area is 88.6 Å². The lowest BCUT2D eigenvalue weighted by Gasteiger charge is -2.17. The van der Waals surface area contributed by atoms with Gasteiger partial charge < -0.3 is 9.84 Å². The summed E-state index contributed by atoms with van der Waals surface area (Å²) in [5.41, 5.74) is 1.78. The van der Waals surface area contributed by atoms with Crippen LogP contribution in [-0.2, 0) is 0 Å². The van der Waals surface area contributed by atoms with Gasteiger partial charge in [-0.3, -0.25) is 0 Å². The zero-order chi connectivity index (χ0) is 10.7. The number of hydrogen-bond donors (Lipinski definition) is 1. The van der Waals surface area contributed by atoms with E-state index in [1.807, 2.05) is 6.08 Å². The van der Waals surface area contributed by atoms with E-state index in [1.54, 1.807) is 19.5 Å². The van der Waals surface area contributed by atoms with E-state index in [1.165, 1.54) is 0 Å². The summed E-state index contributed by atoms with van der Waals surface area (Å²) in [7, 11) is 1.58. The number of nitrogens with zero attached hydrogens (tertiary/aromatic N) is 2. The first-order valence-electron chi connectivity index (χ1n) is 5.05. The van der Waals surface area contributed by atoms with Crippen molar-refractivity contribution in [1.29, 1.82) is 0 Å². The predicted octanol–water partition coefficient (Wildman–Crippen LogP) is 1.41. The largest absolute Gasteiger partial charge is 0.479 e. The zero-order valence-electron chi connectivity index (χ0n) is 8.68. The molecule has 0 aromatic carbocycles. The molecule has 1 aromatic heterocycles. The number of methoxy groups -OCH3 is 1. The van der Waals surface area contributed by atoms with Crippen LogP contribution in [-0.4, -0.2) is 28.3 Å². The fourth-order valence-electron chi connectivity index (χ4n) is 1.79. The van der Waals surface area contributed by atoms with Crippen molar-refractivity contribution < 1.29 is 9.84 Å². The quantitative estimate of drug-likeness (QED) is 0.795. The third kappa shape index (κ3) is 2.15. The van der Waals surface area contributed by atoms with Gasteiger partial charge in [0.1, 0.15) is 5.69 Å². The third-order valence-corrected chi connectivity index (χ3v) is 2.50. The molecule has 4 heteroatoms. The minimum atomic E-state index is -0.361. The fraction of sp³-hybridized carbons (Fsp3) is 0.455. The van der Waals surface area contributed by atoms with Gasteiger partial charge in [-0.1, -0.05) is 6.08 Å². The van der Waals surface area contributed by atoms with Gasteiger partial charge in [-0.2, -0.15) is 0 Å². The highest BCUT2D eigenvalue weighted by atomic mass is 16.5. The molecule has 1 aromatic rings. The maximum Gasteiger partial charge on any atom is 0.239 e. The average molecular weight is 206 g/mol. The van der Waals surface area contributed by atoms with Crippen LogP contribution in [0.5, 0.6) is 5.88 Å². The normalized spacial score (nSPS) is 20.9. The van der Waals surface area contributed by atoms with Crippen LogP contribution in [0, 0.1) is 0 Å². The van der Waals surface area contributed by atoms with E-state index in [0.717, 1.165) is 30.5 Å². The molecule has 80 valence electrons. The van der Waals surface area contributed by atoms with Crippen LogP contribution in [0.4, 0.5) is 0 Å². The summed E-state index contributed by atoms with van der Waals surface area (Å²) in [5, 5.41) is 9.54. The number of rotatable bonds is 2. The molecule has 0 saturated carbocycles. The van der Waals surface area contributed by atoms with Crippen LogP contribution >= 0.6 is 0 Å². The first-order valence-corrected chi connectivity index (χ1v) is 5.05. The molecular formula is C11H14N2O2. The third-order valence-electron chi connectivity index (χ3n) is 2.50. The van der Waals surface area contributed by atoms with Gasteiger partial charge in [0.15, 0.2) is 0 Å². The summed E-state index contributed by atoms with van der Waals surface area (Å²) < 4.78 is 5.14. The second-order valence-electron chi connectivity index (χ2n) is 3.57. The predicted molar refractivity (Wildman–Crippen MR) is 56.4 cm³/mol. The molecule has 1 atom stereocenters. The second kappa shape index (κ2) is 4.40. The Morgan fingerprint density at radius 2 is 2.20 bits per heavy atom. The van der Waals surface area contributed by atoms with Crippen molar-refractivity contribution in [3.8, 4) is 5.88 Å². The lowest BCUT2D eigenvalue weighted by atomic mass is 9.95. The minimum Gasteiger partial charge on any atom is -0.479 e. The molecular weight excluding hydrogens is 192 g/mol. The Morgan fingerprint density at radius 3 is 2.93 bits per heavy atom. The van der Waals surface area contributed by atoms with Crippen LogP contribution in [0.15, 0.2) is 18.5 Å². The Balaban J connectivity index is 2.36. The van der Waals surface area contributed by atoms with Gasteiger partial charge >= 0.3 is 0 Å². The molecule has 15 heavy (non-hydrogen) atoms. The van der Waals surface area contributed by atoms with Crippen LogP contribution in [0.3, 0.4) is 0 Å². The van der Waals surface area contributed by atoms with Crippen molar-refractivity contribution in [1.82, 2.24) is 9.97 Å². The van der Waals surface area contributed by atoms with Crippen LogP contribution < -0.4 is 4.74 Å². The van der Waals surface area contributed by atoms with Gasteiger partial charge in [-0.05, 0) is 24.8 Å². The van der Waals surface area contributed by atoms with Gasteiger partial charge in [-0.25, -0.2) is 9.97 Å². The molecule has 4 nitrogen and oxygen atoms in total. The molecule has 0 spiro atoms. The molecule has 1 aliphatic rings. The van der Waals surface area contributed by atoms with E-state index in [9.17, 15) is 5.11 Å². The van der Waals surface area contributed by atoms with E-state index in [-0.39, 0.29) is 6.10 Å². The smallest absolute Gasteiger partial charge is 0.239 e. The van der Waals surface area contributed by atoms with Crippen LogP contribution in [0.1, 0.15) is 25.0 Å². The number of aliphatic hydroxyl groups excluding tert-OH is 1. The fourth-order valence-corrected chi connectivity index (χ4v) is 1.79. The van der Waals surface area contributed by atoms with Crippen LogP contribution in [0.2, 0.25) is 0 Å². The molecule has 1 aliphatic carbocycles. The van der Waals surface area contributed by atoms with Gasteiger partial charge in [0.2, 0.25) is 5.88 Å². The van der Waals surface area contributed by atoms with Crippen LogP contribution in [0.25, 0.3) is 5.57 Å². The highest BCUT2D eigenvalue weighted by Crippen LogP contribution is 2.29. The molecule has 0 radical (unpaired) electrons. The first-order chi connectivity index (χ1) is 7.31. The van der Waals surface area contributed by atoms with Crippen molar-refractivity contribution >= 4 is 5.57 Å². The van der Waals surface area contributed by atoms with E-state index >= 15 is 0 Å². The molecule has 1 N–H and O–H groups in total. The molecule has 0 bridgehead atoms. The average Bonchev–Trinajstić information content (AvgIpc) is 2.29. The lowest BCUT2D eigenvalue weighted by molar-refractivity contribution is 0.206. The van der Waals surface area contributed by atoms with Gasteiger partial charge in [0.25, 0.3) is 0 Å². The van der Waals surface area contributed by atoms with Crippen molar-refractivity contribution in [3.63, 3.8) is 0 Å². The highest BCUT2D eigenvalue weighted by Gasteiger charge is 2.16. The first kappa shape index (κ1) is 10.1. The van der Waals surface area contributed by atoms with Gasteiger partial charge in [0.05, 0.1) is 13.2 Å². The molecule has 0 aliphatic heterocycles. The molecule has 0 fully saturated rings. The molecule has 1 unspecified atom stereocenters. The minimum absolute atomic E-state index is 0.361. The summed E-state index contributed by atoms with van der Waals surface area (Å²) >= 11 is 0. The monoisotopic (exact) mass is 206 g/mol. The maximum absolute atomic E-state index is 9.54. The van der Waals surface area contributed by atoms with Gasteiger partial charge in [0, 0.05) is 12.4 Å². The number of ether oxygens (including phenoxy) is 1. The Kier molecular flexibility index (Phi) is 2.97. The van der Waals surface area contributed by atoms with Crippen molar-refractivity contribution in [2.45, 2.75) is 25.4 Å². The van der Waals surface area contributed by atoms with Crippen molar-refractivity contribution in [3.05, 3.63) is 24.2 Å². The summed E-state index contributed by atoms with van der Waals surface area (Å²) in [6.07, 6.45) is 7.45. The summed E-state index contributed by atoms with van der Waals surface area (Å²) in [6.45, 7) is 0. The lowest BCUT2D eigenvalue weighted by Crippen LogP contribution is -2.10. The second-order valence-corrected chi connectivity index (χ2v) is 3.57. The summed E-state index contributed by atoms with van der Waals surface area (Å²) in [4.78, 5) is 8.33. The Morgan fingerprint density at radius 1 is 1.40 bits per heavy atom. The van der Waals surface area contributed by atoms with Crippen molar-refractivity contribution in [2.24, 2.45) is 0 Å². The maximum atomic E-state index is 9.54. The topological polar surface area (TPSA) is 55.2 Å². The zero-order valence-corrected chi connectivity index (χ0v) is 8.68. The SMILES string of the molecule is COc1nccnc1C1=CC(O)CCC1. The Bertz CT molecular complexity index is 377. The molecule has 0 amide bonds. The number of aromatic nitrogens is 2. The van der Waals surface area contributed by atoms with Gasteiger partial charge in [-0.15, -0.1) is 0 Å². The van der Waals surface area contributed by atoms with Crippen molar-refractivity contribution in [2.75, 3.05) is 7.11 Å². The molecule has 2 rings (SSSR count). The molecule has 1 heterocycles. The number of hydrogen-bond acceptors (Lipinski definition) is 4. The summed E-state index contributed by atoms with van der Waals surface area (Å²) in [5.74, 6) is 0.526. The number of aliphatic hydroxyl groups is 1. The Hall–Kier alpha value is -1.42. The van der Waals surface area contributed by atoms with E-state index < -0.39 is 0 Å². The van der Waals surface area contributed by atoms with E-state index in [4.69, 9.17) is 4.74 Å².